The predicted molar refractivity (Wildman–Crippen MR) is 74.5 cm³/mol. The molecule has 0 saturated heterocycles. The Morgan fingerprint density at radius 1 is 1.55 bits per heavy atom. The summed E-state index contributed by atoms with van der Waals surface area (Å²) < 4.78 is 1.43. The molecular weight excluding hydrogens is 278 g/mol. The zero-order valence-electron chi connectivity index (χ0n) is 11.0. The lowest BCUT2D eigenvalue weighted by molar-refractivity contribution is 0.102. The van der Waals surface area contributed by atoms with Crippen LogP contribution in [0.2, 0.25) is 5.15 Å². The molecule has 2 heterocycles. The van der Waals surface area contributed by atoms with Crippen molar-refractivity contribution >= 4 is 23.3 Å². The van der Waals surface area contributed by atoms with E-state index < -0.39 is 0 Å². The fraction of sp³-hybridized carbons (Fsp3) is 0.231. The quantitative estimate of drug-likeness (QED) is 0.878. The van der Waals surface area contributed by atoms with Crippen molar-refractivity contribution in [1.29, 1.82) is 5.26 Å². The molecule has 0 aromatic carbocycles. The van der Waals surface area contributed by atoms with Gasteiger partial charge in [-0.25, -0.2) is 4.98 Å². The van der Waals surface area contributed by atoms with Crippen LogP contribution in [0.3, 0.4) is 0 Å². The van der Waals surface area contributed by atoms with Crippen LogP contribution in [0.4, 0.5) is 5.82 Å². The van der Waals surface area contributed by atoms with Crippen molar-refractivity contribution in [3.05, 3.63) is 40.3 Å². The molecule has 0 unspecified atom stereocenters. The first kappa shape index (κ1) is 14.0. The second kappa shape index (κ2) is 5.72. The third kappa shape index (κ3) is 2.78. The molecule has 0 fully saturated rings. The summed E-state index contributed by atoms with van der Waals surface area (Å²) in [5.41, 5.74) is 1.43. The monoisotopic (exact) mass is 289 g/mol. The molecule has 20 heavy (non-hydrogen) atoms. The Hall–Kier alpha value is -2.39. The third-order valence-electron chi connectivity index (χ3n) is 2.76. The fourth-order valence-electron chi connectivity index (χ4n) is 1.71. The van der Waals surface area contributed by atoms with E-state index in [4.69, 9.17) is 16.9 Å². The van der Waals surface area contributed by atoms with Gasteiger partial charge in [0.1, 0.15) is 22.6 Å². The van der Waals surface area contributed by atoms with E-state index >= 15 is 0 Å². The number of amides is 1. The molecule has 0 atom stereocenters. The van der Waals surface area contributed by atoms with Gasteiger partial charge in [-0.1, -0.05) is 18.5 Å². The molecule has 0 radical (unpaired) electrons. The molecule has 0 aliphatic carbocycles. The number of nitrogens with one attached hydrogen (secondary N) is 1. The van der Waals surface area contributed by atoms with Gasteiger partial charge in [-0.05, 0) is 18.6 Å². The molecule has 102 valence electrons. The topological polar surface area (TPSA) is 83.6 Å². The van der Waals surface area contributed by atoms with Crippen molar-refractivity contribution in [2.75, 3.05) is 5.32 Å². The number of nitrogens with zero attached hydrogens (tertiary/aromatic N) is 4. The maximum Gasteiger partial charge on any atom is 0.257 e. The molecule has 0 aliphatic heterocycles. The van der Waals surface area contributed by atoms with Crippen molar-refractivity contribution < 1.29 is 4.79 Å². The highest BCUT2D eigenvalue weighted by atomic mass is 35.5. The summed E-state index contributed by atoms with van der Waals surface area (Å²) in [6, 6.07) is 5.13. The third-order valence-corrected chi connectivity index (χ3v) is 2.96. The first-order chi connectivity index (χ1) is 9.55. The summed E-state index contributed by atoms with van der Waals surface area (Å²) in [6.07, 6.45) is 2.07. The Morgan fingerprint density at radius 3 is 2.95 bits per heavy atom. The Kier molecular flexibility index (Phi) is 4.01. The molecule has 2 aromatic rings. The van der Waals surface area contributed by atoms with Crippen LogP contribution in [0.25, 0.3) is 0 Å². The van der Waals surface area contributed by atoms with Gasteiger partial charge in [0.05, 0.1) is 6.20 Å². The Labute approximate surface area is 121 Å². The van der Waals surface area contributed by atoms with Gasteiger partial charge < -0.3 is 5.32 Å². The van der Waals surface area contributed by atoms with Crippen molar-refractivity contribution in [3.63, 3.8) is 0 Å². The summed E-state index contributed by atoms with van der Waals surface area (Å²) in [7, 11) is 1.65. The molecule has 0 spiro atoms. The fourth-order valence-corrected chi connectivity index (χ4v) is 1.94. The zero-order valence-corrected chi connectivity index (χ0v) is 11.8. The van der Waals surface area contributed by atoms with Crippen molar-refractivity contribution in [3.8, 4) is 6.07 Å². The first-order valence-corrected chi connectivity index (χ1v) is 6.32. The first-order valence-electron chi connectivity index (χ1n) is 5.95. The van der Waals surface area contributed by atoms with Gasteiger partial charge >= 0.3 is 0 Å². The Bertz CT molecular complexity index is 701. The molecule has 1 N–H and O–H groups in total. The highest BCUT2D eigenvalue weighted by Crippen LogP contribution is 2.16. The van der Waals surface area contributed by atoms with E-state index in [1.54, 1.807) is 13.1 Å². The molecule has 0 saturated carbocycles. The zero-order chi connectivity index (χ0) is 14.7. The number of anilines is 1. The van der Waals surface area contributed by atoms with Crippen molar-refractivity contribution in [2.24, 2.45) is 7.05 Å². The summed E-state index contributed by atoms with van der Waals surface area (Å²) in [5, 5.41) is 15.8. The van der Waals surface area contributed by atoms with Crippen LogP contribution < -0.4 is 5.32 Å². The van der Waals surface area contributed by atoms with Crippen LogP contribution in [0, 0.1) is 11.3 Å². The number of rotatable bonds is 3. The number of hydrogen-bond acceptors (Lipinski definition) is 4. The maximum absolute atomic E-state index is 12.2. The minimum Gasteiger partial charge on any atom is -0.306 e. The second-order valence-corrected chi connectivity index (χ2v) is 4.51. The highest BCUT2D eigenvalue weighted by Gasteiger charge is 2.14. The number of aryl methyl sites for hydroxylation is 2. The standard InChI is InChI=1S/C13H12ClN5O/c1-3-10-4-8(5-11(14)17-10)13(20)18-12-9(6-15)7-16-19(12)2/h4-5,7H,3H2,1-2H3,(H,18,20). The summed E-state index contributed by atoms with van der Waals surface area (Å²) >= 11 is 5.88. The Morgan fingerprint density at radius 2 is 2.30 bits per heavy atom. The normalized spacial score (nSPS) is 10.1. The predicted octanol–water partition coefficient (Wildman–Crippen LogP) is 2.15. The van der Waals surface area contributed by atoms with Gasteiger partial charge in [-0.15, -0.1) is 0 Å². The molecule has 2 rings (SSSR count). The molecule has 7 heteroatoms. The van der Waals surface area contributed by atoms with Crippen LogP contribution in [0.1, 0.15) is 28.5 Å². The van der Waals surface area contributed by atoms with E-state index in [0.29, 0.717) is 23.4 Å². The van der Waals surface area contributed by atoms with Gasteiger partial charge in [0, 0.05) is 18.3 Å². The second-order valence-electron chi connectivity index (χ2n) is 4.12. The SMILES string of the molecule is CCc1cc(C(=O)Nc2c(C#N)cnn2C)cc(Cl)n1. The van der Waals surface area contributed by atoms with Gasteiger partial charge in [0.2, 0.25) is 0 Å². The number of pyridine rings is 1. The smallest absolute Gasteiger partial charge is 0.257 e. The van der Waals surface area contributed by atoms with E-state index in [1.807, 2.05) is 13.0 Å². The van der Waals surface area contributed by atoms with Crippen LogP contribution >= 0.6 is 11.6 Å². The largest absolute Gasteiger partial charge is 0.306 e. The number of hydrogen-bond donors (Lipinski definition) is 1. The minimum atomic E-state index is -0.357. The van der Waals surface area contributed by atoms with E-state index in [1.165, 1.54) is 16.9 Å². The number of nitriles is 1. The lowest BCUT2D eigenvalue weighted by Gasteiger charge is -2.07. The summed E-state index contributed by atoms with van der Waals surface area (Å²) in [5.74, 6) is -0.00687. The molecular formula is C13H12ClN5O. The lowest BCUT2D eigenvalue weighted by Crippen LogP contribution is -2.16. The number of carbonyl (C=O) groups excluding carboxylic acids is 1. The number of carbonyl (C=O) groups is 1. The van der Waals surface area contributed by atoms with Gasteiger partial charge in [0.25, 0.3) is 5.91 Å². The van der Waals surface area contributed by atoms with Crippen molar-refractivity contribution in [1.82, 2.24) is 14.8 Å². The molecule has 2 aromatic heterocycles. The van der Waals surface area contributed by atoms with E-state index in [-0.39, 0.29) is 11.1 Å². The average Bonchev–Trinajstić information content (AvgIpc) is 2.78. The Balaban J connectivity index is 2.31. The molecule has 0 aliphatic rings. The maximum atomic E-state index is 12.2. The van der Waals surface area contributed by atoms with Gasteiger partial charge in [-0.3, -0.25) is 9.48 Å². The molecule has 0 bridgehead atoms. The van der Waals surface area contributed by atoms with Crippen molar-refractivity contribution in [2.45, 2.75) is 13.3 Å². The summed E-state index contributed by atoms with van der Waals surface area (Å²) in [6.45, 7) is 1.93. The molecule has 1 amide bonds. The van der Waals surface area contributed by atoms with Gasteiger partial charge in [-0.2, -0.15) is 10.4 Å². The highest BCUT2D eigenvalue weighted by molar-refractivity contribution is 6.29. The van der Waals surface area contributed by atoms with Crippen LogP contribution in [0.15, 0.2) is 18.3 Å². The number of aromatic nitrogens is 3. The lowest BCUT2D eigenvalue weighted by atomic mass is 10.2. The van der Waals surface area contributed by atoms with Crippen LogP contribution in [0.5, 0.6) is 0 Å². The summed E-state index contributed by atoms with van der Waals surface area (Å²) in [4.78, 5) is 16.3. The van der Waals surface area contributed by atoms with E-state index in [2.05, 4.69) is 15.4 Å². The minimum absolute atomic E-state index is 0.264. The van der Waals surface area contributed by atoms with Crippen LogP contribution in [-0.2, 0) is 13.5 Å². The van der Waals surface area contributed by atoms with Crippen LogP contribution in [-0.4, -0.2) is 20.7 Å². The van der Waals surface area contributed by atoms with E-state index in [0.717, 1.165) is 5.69 Å². The molecule has 6 nitrogen and oxygen atoms in total. The number of halogens is 1. The van der Waals surface area contributed by atoms with Gasteiger partial charge in [0.15, 0.2) is 0 Å². The van der Waals surface area contributed by atoms with E-state index in [9.17, 15) is 4.79 Å². The average molecular weight is 290 g/mol.